The Kier molecular flexibility index (Phi) is 2.33. The largest absolute Gasteiger partial charge is 0.0759 e. The number of benzene rings is 1. The smallest absolute Gasteiger partial charge is 0.00759 e. The van der Waals surface area contributed by atoms with Gasteiger partial charge < -0.3 is 0 Å². The first-order valence-electron chi connectivity index (χ1n) is 7.10. The highest BCUT2D eigenvalue weighted by molar-refractivity contribution is 5.65. The Labute approximate surface area is 111 Å². The van der Waals surface area contributed by atoms with Gasteiger partial charge in [0.05, 0.1) is 0 Å². The maximum absolute atomic E-state index is 2.50. The average molecular weight is 240 g/mol. The van der Waals surface area contributed by atoms with Gasteiger partial charge in [-0.1, -0.05) is 58.9 Å². The van der Waals surface area contributed by atoms with E-state index in [-0.39, 0.29) is 0 Å². The van der Waals surface area contributed by atoms with Crippen LogP contribution < -0.4 is 0 Å². The molecule has 2 aliphatic rings. The Morgan fingerprint density at radius 2 is 1.67 bits per heavy atom. The average Bonchev–Trinajstić information content (AvgIpc) is 2.70. The minimum atomic E-state index is 0.324. The minimum Gasteiger partial charge on any atom is -0.0759 e. The third-order valence-corrected chi connectivity index (χ3v) is 4.48. The second-order valence-electron chi connectivity index (χ2n) is 7.97. The van der Waals surface area contributed by atoms with Gasteiger partial charge in [0.15, 0.2) is 0 Å². The van der Waals surface area contributed by atoms with Crippen LogP contribution in [0.2, 0.25) is 0 Å². The third kappa shape index (κ3) is 1.83. The van der Waals surface area contributed by atoms with E-state index in [0.29, 0.717) is 16.7 Å². The molecule has 0 heteroatoms. The van der Waals surface area contributed by atoms with E-state index in [1.54, 1.807) is 16.7 Å². The Balaban J connectivity index is 2.06. The van der Waals surface area contributed by atoms with Crippen molar-refractivity contribution < 1.29 is 0 Å². The van der Waals surface area contributed by atoms with Crippen molar-refractivity contribution in [3.05, 3.63) is 40.5 Å². The van der Waals surface area contributed by atoms with Gasteiger partial charge in [-0.05, 0) is 45.9 Å². The van der Waals surface area contributed by atoms with Crippen LogP contribution in [-0.2, 0) is 12.8 Å². The van der Waals surface area contributed by atoms with E-state index < -0.39 is 0 Å². The lowest BCUT2D eigenvalue weighted by atomic mass is 9.77. The van der Waals surface area contributed by atoms with Crippen LogP contribution in [0.4, 0.5) is 0 Å². The molecule has 0 aromatic heterocycles. The highest BCUT2D eigenvalue weighted by Gasteiger charge is 2.33. The molecule has 0 bridgehead atoms. The lowest BCUT2D eigenvalue weighted by molar-refractivity contribution is 0.369. The topological polar surface area (TPSA) is 0 Å². The van der Waals surface area contributed by atoms with Crippen LogP contribution >= 0.6 is 0 Å². The Morgan fingerprint density at radius 1 is 1.06 bits per heavy atom. The van der Waals surface area contributed by atoms with Crippen molar-refractivity contribution >= 4 is 6.08 Å². The molecular weight excluding hydrogens is 216 g/mol. The molecule has 0 N–H and O–H groups in total. The van der Waals surface area contributed by atoms with Crippen LogP contribution in [0.5, 0.6) is 0 Å². The monoisotopic (exact) mass is 240 g/mol. The first kappa shape index (κ1) is 12.0. The molecule has 0 heterocycles. The maximum Gasteiger partial charge on any atom is 0.00759 e. The van der Waals surface area contributed by atoms with Gasteiger partial charge in [-0.15, -0.1) is 0 Å². The van der Waals surface area contributed by atoms with Gasteiger partial charge in [-0.3, -0.25) is 0 Å². The van der Waals surface area contributed by atoms with Crippen LogP contribution in [0.15, 0.2) is 18.2 Å². The van der Waals surface area contributed by atoms with Crippen molar-refractivity contribution in [2.45, 2.75) is 53.4 Å². The quantitative estimate of drug-likeness (QED) is 0.600. The molecule has 0 amide bonds. The van der Waals surface area contributed by atoms with E-state index in [0.717, 1.165) is 0 Å². The summed E-state index contributed by atoms with van der Waals surface area (Å²) in [6, 6.07) is 4.94. The van der Waals surface area contributed by atoms with Crippen LogP contribution in [0, 0.1) is 10.8 Å². The zero-order valence-electron chi connectivity index (χ0n) is 12.3. The van der Waals surface area contributed by atoms with Crippen LogP contribution in [0.25, 0.3) is 6.08 Å². The fourth-order valence-corrected chi connectivity index (χ4v) is 3.62. The van der Waals surface area contributed by atoms with E-state index in [1.165, 1.54) is 18.4 Å². The number of allylic oxidation sites excluding steroid dienone is 1. The molecule has 1 unspecified atom stereocenters. The van der Waals surface area contributed by atoms with E-state index in [2.05, 4.69) is 58.9 Å². The number of hydrogen-bond donors (Lipinski definition) is 0. The summed E-state index contributed by atoms with van der Waals surface area (Å²) in [7, 11) is 0. The fraction of sp³-hybridized carbons (Fsp3) is 0.556. The SMILES string of the molecule is CC1(C)Cc2cc3c(cc2C1)C(C(C)(C)C)C=C3. The molecule has 0 saturated heterocycles. The van der Waals surface area contributed by atoms with Gasteiger partial charge in [-0.2, -0.15) is 0 Å². The van der Waals surface area contributed by atoms with Gasteiger partial charge in [0.1, 0.15) is 0 Å². The minimum absolute atomic E-state index is 0.324. The molecule has 0 nitrogen and oxygen atoms in total. The lowest BCUT2D eigenvalue weighted by Gasteiger charge is -2.27. The molecule has 0 saturated carbocycles. The zero-order chi connectivity index (χ0) is 13.1. The zero-order valence-corrected chi connectivity index (χ0v) is 12.3. The predicted octanol–water partition coefficient (Wildman–Crippen LogP) is 4.97. The summed E-state index contributed by atoms with van der Waals surface area (Å²) in [5.41, 5.74) is 6.97. The Bertz CT molecular complexity index is 524. The highest BCUT2D eigenvalue weighted by atomic mass is 14.4. The normalized spacial score (nSPS) is 24.2. The second-order valence-corrected chi connectivity index (χ2v) is 7.97. The van der Waals surface area contributed by atoms with E-state index >= 15 is 0 Å². The molecule has 3 rings (SSSR count). The highest BCUT2D eigenvalue weighted by Crippen LogP contribution is 2.46. The second kappa shape index (κ2) is 3.50. The van der Waals surface area contributed by atoms with Gasteiger partial charge in [0, 0.05) is 5.92 Å². The van der Waals surface area contributed by atoms with Gasteiger partial charge >= 0.3 is 0 Å². The van der Waals surface area contributed by atoms with Crippen LogP contribution in [0.1, 0.15) is 62.8 Å². The molecule has 0 aliphatic heterocycles. The standard InChI is InChI=1S/C18H24/c1-17(2,3)16-7-6-12-8-13-10-18(4,5)11-14(13)9-15(12)16/h6-9,16H,10-11H2,1-5H3. The summed E-state index contributed by atoms with van der Waals surface area (Å²) in [5, 5.41) is 0. The van der Waals surface area contributed by atoms with Gasteiger partial charge in [0.25, 0.3) is 0 Å². The summed E-state index contributed by atoms with van der Waals surface area (Å²) in [6.45, 7) is 11.8. The van der Waals surface area contributed by atoms with Crippen molar-refractivity contribution in [1.29, 1.82) is 0 Å². The summed E-state index contributed by atoms with van der Waals surface area (Å²) < 4.78 is 0. The van der Waals surface area contributed by atoms with Crippen LogP contribution in [-0.4, -0.2) is 0 Å². The number of hydrogen-bond acceptors (Lipinski definition) is 0. The molecule has 18 heavy (non-hydrogen) atoms. The molecule has 0 radical (unpaired) electrons. The van der Waals surface area contributed by atoms with E-state index in [9.17, 15) is 0 Å². The Hall–Kier alpha value is -1.04. The molecule has 96 valence electrons. The molecule has 1 atom stereocenters. The first-order chi connectivity index (χ1) is 8.26. The summed E-state index contributed by atoms with van der Waals surface area (Å²) in [4.78, 5) is 0. The molecule has 1 aromatic carbocycles. The predicted molar refractivity (Wildman–Crippen MR) is 78.9 cm³/mol. The van der Waals surface area contributed by atoms with Crippen molar-refractivity contribution in [1.82, 2.24) is 0 Å². The maximum atomic E-state index is 2.50. The Morgan fingerprint density at radius 3 is 2.28 bits per heavy atom. The van der Waals surface area contributed by atoms with E-state index in [1.807, 2.05) is 0 Å². The third-order valence-electron chi connectivity index (χ3n) is 4.48. The molecule has 0 spiro atoms. The molecule has 1 aromatic rings. The fourth-order valence-electron chi connectivity index (χ4n) is 3.62. The van der Waals surface area contributed by atoms with Crippen molar-refractivity contribution in [2.24, 2.45) is 10.8 Å². The molecular formula is C18H24. The van der Waals surface area contributed by atoms with Crippen molar-refractivity contribution in [2.75, 3.05) is 0 Å². The van der Waals surface area contributed by atoms with Crippen LogP contribution in [0.3, 0.4) is 0 Å². The summed E-state index contributed by atoms with van der Waals surface area (Å²) in [6.07, 6.45) is 7.21. The number of fused-ring (bicyclic) bond motifs is 2. The van der Waals surface area contributed by atoms with Gasteiger partial charge in [0.2, 0.25) is 0 Å². The summed E-state index contributed by atoms with van der Waals surface area (Å²) in [5.74, 6) is 0.585. The van der Waals surface area contributed by atoms with E-state index in [4.69, 9.17) is 0 Å². The number of rotatable bonds is 0. The lowest BCUT2D eigenvalue weighted by Crippen LogP contribution is -2.15. The van der Waals surface area contributed by atoms with Crippen molar-refractivity contribution in [3.8, 4) is 0 Å². The molecule has 2 aliphatic carbocycles. The molecule has 0 fully saturated rings. The summed E-state index contributed by atoms with van der Waals surface area (Å²) >= 11 is 0. The first-order valence-corrected chi connectivity index (χ1v) is 7.10. The van der Waals surface area contributed by atoms with Crippen molar-refractivity contribution in [3.63, 3.8) is 0 Å². The van der Waals surface area contributed by atoms with Gasteiger partial charge in [-0.25, -0.2) is 0 Å².